The first-order chi connectivity index (χ1) is 35.6. The Balaban J connectivity index is 5.29. The molecule has 12 nitrogen and oxygen atoms in total. The second-order valence-electron chi connectivity index (χ2n) is 22.5. The van der Waals surface area contributed by atoms with Crippen molar-refractivity contribution in [1.29, 1.82) is 0 Å². The van der Waals surface area contributed by atoms with Crippen LogP contribution in [-0.4, -0.2) is 93.3 Å². The minimum atomic E-state index is -4.85. The fourth-order valence-corrected chi connectivity index (χ4v) is 9.89. The topological polar surface area (TPSA) is 144 Å². The Morgan fingerprint density at radius 1 is 0.486 bits per heavy atom. The Bertz CT molecular complexity index is 1420. The molecule has 436 valence electrons. The molecular weight excluding hydrogens is 954 g/mol. The van der Waals surface area contributed by atoms with E-state index in [0.717, 1.165) is 96.3 Å². The summed E-state index contributed by atoms with van der Waals surface area (Å²) in [6.07, 6.45) is 47.1. The zero-order chi connectivity index (χ0) is 54.8. The highest BCUT2D eigenvalue weighted by Gasteiger charge is 2.40. The molecule has 4 atom stereocenters. The first-order valence-corrected chi connectivity index (χ1v) is 32.1. The monoisotopic (exact) mass is 1070 g/mol. The molecule has 0 aromatic heterocycles. The van der Waals surface area contributed by atoms with Crippen molar-refractivity contribution in [3.05, 3.63) is 24.3 Å². The normalized spacial score (nSPS) is 14.1. The Morgan fingerprint density at radius 3 is 1.27 bits per heavy atom. The number of hydrogen-bond donors (Lipinski definition) is 1. The van der Waals surface area contributed by atoms with Crippen LogP contribution >= 0.6 is 7.82 Å². The van der Waals surface area contributed by atoms with Crippen LogP contribution in [0.15, 0.2) is 24.3 Å². The van der Waals surface area contributed by atoms with E-state index in [0.29, 0.717) is 17.3 Å². The molecule has 0 aromatic carbocycles. The average Bonchev–Trinajstić information content (AvgIpc) is 3.34. The number of ether oxygens (including phenoxy) is 4. The van der Waals surface area contributed by atoms with E-state index in [1.54, 1.807) is 0 Å². The van der Waals surface area contributed by atoms with Gasteiger partial charge in [-0.15, -0.1) is 0 Å². The van der Waals surface area contributed by atoms with Gasteiger partial charge in [-0.1, -0.05) is 219 Å². The van der Waals surface area contributed by atoms with E-state index in [2.05, 4.69) is 45.1 Å². The van der Waals surface area contributed by atoms with Gasteiger partial charge in [0.1, 0.15) is 19.3 Å². The van der Waals surface area contributed by atoms with Gasteiger partial charge in [0, 0.05) is 12.8 Å². The maximum Gasteiger partial charge on any atom is 0.508 e. The molecule has 0 radical (unpaired) electrons. The van der Waals surface area contributed by atoms with Crippen molar-refractivity contribution in [2.75, 3.05) is 47.5 Å². The lowest BCUT2D eigenvalue weighted by molar-refractivity contribution is -0.873. The zero-order valence-corrected chi connectivity index (χ0v) is 50.1. The molecule has 0 aliphatic rings. The zero-order valence-electron chi connectivity index (χ0n) is 49.2. The number of likely N-dealkylation sites (N-methyl/N-ethyl adjacent to an activating group) is 1. The molecule has 74 heavy (non-hydrogen) atoms. The van der Waals surface area contributed by atoms with Gasteiger partial charge in [-0.2, -0.15) is 0 Å². The summed E-state index contributed by atoms with van der Waals surface area (Å²) in [5.74, 6) is -1.22. The van der Waals surface area contributed by atoms with Crippen molar-refractivity contribution >= 4 is 25.9 Å². The summed E-state index contributed by atoms with van der Waals surface area (Å²) in [4.78, 5) is 50.1. The molecule has 0 heterocycles. The molecule has 0 aliphatic heterocycles. The number of nitrogens with zero attached hydrogens (tertiary/aromatic N) is 1. The van der Waals surface area contributed by atoms with Crippen LogP contribution in [0.5, 0.6) is 0 Å². The van der Waals surface area contributed by atoms with E-state index in [4.69, 9.17) is 28.0 Å². The van der Waals surface area contributed by atoms with Gasteiger partial charge in [-0.05, 0) is 76.5 Å². The van der Waals surface area contributed by atoms with E-state index in [1.807, 2.05) is 35.0 Å². The maximum absolute atomic E-state index is 13.7. The SMILES string of the molecule is CCCCCCCC/C=C\CCCCCCCC(=O)OC[C@H](COP(=O)(O)OC(C[N+](C)(C)C)C(OC(=O)OCCCCCCCCCCCC)C(C)C)OC(=O)CCCCCCC/C=C\CCCCCCCC. The smallest absolute Gasteiger partial charge is 0.462 e. The van der Waals surface area contributed by atoms with E-state index < -0.39 is 50.8 Å². The number of phosphoric ester groups is 1. The average molecular weight is 1070 g/mol. The van der Waals surface area contributed by atoms with Gasteiger partial charge >= 0.3 is 25.9 Å². The number of esters is 2. The van der Waals surface area contributed by atoms with Crippen LogP contribution in [0, 0.1) is 5.92 Å². The number of quaternary nitrogens is 1. The summed E-state index contributed by atoms with van der Waals surface area (Å²) in [5.41, 5.74) is 0. The highest BCUT2D eigenvalue weighted by molar-refractivity contribution is 7.47. The summed E-state index contributed by atoms with van der Waals surface area (Å²) >= 11 is 0. The number of phosphoric acid groups is 1. The van der Waals surface area contributed by atoms with Gasteiger partial charge in [0.2, 0.25) is 0 Å². The number of hydrogen-bond acceptors (Lipinski definition) is 10. The highest BCUT2D eigenvalue weighted by atomic mass is 31.2. The van der Waals surface area contributed by atoms with Crippen molar-refractivity contribution in [3.63, 3.8) is 0 Å². The number of allylic oxidation sites excluding steroid dienone is 4. The van der Waals surface area contributed by atoms with E-state index in [1.165, 1.54) is 122 Å². The quantitative estimate of drug-likeness (QED) is 0.0155. The predicted octanol–water partition coefficient (Wildman–Crippen LogP) is 17.8. The Morgan fingerprint density at radius 2 is 0.865 bits per heavy atom. The molecule has 0 amide bonds. The molecule has 0 fully saturated rings. The largest absolute Gasteiger partial charge is 0.508 e. The molecule has 3 unspecified atom stereocenters. The van der Waals surface area contributed by atoms with Crippen molar-refractivity contribution in [3.8, 4) is 0 Å². The molecule has 0 bridgehead atoms. The summed E-state index contributed by atoms with van der Waals surface area (Å²) in [6, 6.07) is 0. The van der Waals surface area contributed by atoms with Crippen molar-refractivity contribution in [2.45, 2.75) is 297 Å². The van der Waals surface area contributed by atoms with Crippen LogP contribution in [0.1, 0.15) is 279 Å². The number of rotatable bonds is 54. The number of carbonyl (C=O) groups is 3. The van der Waals surface area contributed by atoms with E-state index in [-0.39, 0.29) is 38.5 Å². The molecule has 0 aromatic rings. The first kappa shape index (κ1) is 71.8. The molecule has 0 saturated heterocycles. The molecule has 0 spiro atoms. The molecule has 1 N–H and O–H groups in total. The summed E-state index contributed by atoms with van der Waals surface area (Å²) in [6.45, 7) is 9.95. The fraction of sp³-hybridized carbons (Fsp3) is 0.885. The van der Waals surface area contributed by atoms with Crippen LogP contribution in [0.25, 0.3) is 0 Å². The van der Waals surface area contributed by atoms with E-state index >= 15 is 0 Å². The Hall–Kier alpha value is -2.24. The van der Waals surface area contributed by atoms with Gasteiger partial charge < -0.3 is 28.3 Å². The van der Waals surface area contributed by atoms with Gasteiger partial charge in [-0.25, -0.2) is 9.36 Å². The second-order valence-corrected chi connectivity index (χ2v) is 23.9. The van der Waals surface area contributed by atoms with Gasteiger partial charge in [0.15, 0.2) is 12.2 Å². The van der Waals surface area contributed by atoms with Gasteiger partial charge in [0.25, 0.3) is 0 Å². The molecule has 0 aliphatic carbocycles. The van der Waals surface area contributed by atoms with Crippen LogP contribution < -0.4 is 0 Å². The van der Waals surface area contributed by atoms with E-state index in [9.17, 15) is 23.8 Å². The van der Waals surface area contributed by atoms with Gasteiger partial charge in [-0.3, -0.25) is 18.6 Å². The van der Waals surface area contributed by atoms with Crippen molar-refractivity contribution < 1.29 is 56.3 Å². The number of carbonyl (C=O) groups excluding carboxylic acids is 3. The minimum absolute atomic E-state index is 0.166. The lowest BCUT2D eigenvalue weighted by atomic mass is 10.0. The first-order valence-electron chi connectivity index (χ1n) is 30.6. The molecule has 0 rings (SSSR count). The predicted molar refractivity (Wildman–Crippen MR) is 306 cm³/mol. The second kappa shape index (κ2) is 50.3. The molecular formula is C61H117NO11P+. The third-order valence-corrected chi connectivity index (χ3v) is 14.4. The minimum Gasteiger partial charge on any atom is -0.462 e. The van der Waals surface area contributed by atoms with Crippen molar-refractivity contribution in [2.24, 2.45) is 5.92 Å². The van der Waals surface area contributed by atoms with Crippen molar-refractivity contribution in [1.82, 2.24) is 0 Å². The van der Waals surface area contributed by atoms with Crippen LogP contribution in [0.2, 0.25) is 0 Å². The molecule has 0 saturated carbocycles. The Labute approximate surface area is 455 Å². The van der Waals surface area contributed by atoms with Crippen LogP contribution in [0.4, 0.5) is 4.79 Å². The molecule has 13 heteroatoms. The lowest BCUT2D eigenvalue weighted by Crippen LogP contribution is -2.49. The summed E-state index contributed by atoms with van der Waals surface area (Å²) in [7, 11) is 0.853. The fourth-order valence-electron chi connectivity index (χ4n) is 8.95. The van der Waals surface area contributed by atoms with Crippen LogP contribution in [0.3, 0.4) is 0 Å². The lowest BCUT2D eigenvalue weighted by Gasteiger charge is -2.35. The van der Waals surface area contributed by atoms with Crippen LogP contribution in [-0.2, 0) is 42.1 Å². The summed E-state index contributed by atoms with van der Waals surface area (Å²) < 4.78 is 47.9. The highest BCUT2D eigenvalue weighted by Crippen LogP contribution is 2.46. The standard InChI is InChI=1S/C61H116NO11P/c1-9-12-15-18-21-24-27-29-31-33-35-37-40-43-46-49-58(63)69-53-56(71-59(64)50-47-44-41-38-36-34-32-30-28-25-22-19-16-13-10-2)54-70-74(66,67)73-57(52-62(6,7)8)60(55(4)5)72-61(65)68-51-48-45-42-39-26-23-20-17-14-11-3/h29-32,55-57,60H,9-28,33-54H2,1-8H3/p+1/b31-29-,32-30-/t56-,57?,60?/m1/s1. The third kappa shape index (κ3) is 49.3. The number of unbranched alkanes of at least 4 members (excludes halogenated alkanes) is 31. The van der Waals surface area contributed by atoms with Gasteiger partial charge in [0.05, 0.1) is 34.4 Å². The third-order valence-electron chi connectivity index (χ3n) is 13.4. The summed E-state index contributed by atoms with van der Waals surface area (Å²) in [5, 5.41) is 0. The Kier molecular flexibility index (Phi) is 48.8. The maximum atomic E-state index is 13.7.